The summed E-state index contributed by atoms with van der Waals surface area (Å²) in [5, 5.41) is 3.97. The number of rotatable bonds is 8. The van der Waals surface area contributed by atoms with Crippen LogP contribution >= 0.6 is 15.9 Å². The molecule has 3 aromatic rings. The highest BCUT2D eigenvalue weighted by Gasteiger charge is 2.13. The number of carbonyl (C=O) groups excluding carboxylic acids is 2. The van der Waals surface area contributed by atoms with Crippen LogP contribution in [0, 0.1) is 0 Å². The number of esters is 1. The van der Waals surface area contributed by atoms with E-state index in [1.54, 1.807) is 54.6 Å². The second kappa shape index (κ2) is 11.1. The van der Waals surface area contributed by atoms with Crippen LogP contribution < -0.4 is 24.4 Å². The number of amides is 1. The molecule has 33 heavy (non-hydrogen) atoms. The summed E-state index contributed by atoms with van der Waals surface area (Å²) in [6, 6.07) is 16.6. The van der Waals surface area contributed by atoms with Gasteiger partial charge in [0.15, 0.2) is 23.0 Å². The largest absolute Gasteiger partial charge is 0.493 e. The van der Waals surface area contributed by atoms with E-state index in [1.165, 1.54) is 27.5 Å². The maximum absolute atomic E-state index is 12.4. The fraction of sp³-hybridized carbons (Fsp3) is 0.125. The second-order valence-corrected chi connectivity index (χ2v) is 7.49. The molecule has 8 nitrogen and oxygen atoms in total. The fourth-order valence-electron chi connectivity index (χ4n) is 2.83. The minimum Gasteiger partial charge on any atom is -0.493 e. The van der Waals surface area contributed by atoms with E-state index in [2.05, 4.69) is 26.5 Å². The van der Waals surface area contributed by atoms with Crippen LogP contribution in [0.1, 0.15) is 26.3 Å². The van der Waals surface area contributed by atoms with Crippen molar-refractivity contribution in [2.24, 2.45) is 5.10 Å². The van der Waals surface area contributed by atoms with Gasteiger partial charge in [0, 0.05) is 10.0 Å². The summed E-state index contributed by atoms with van der Waals surface area (Å²) >= 11 is 3.33. The van der Waals surface area contributed by atoms with Crippen molar-refractivity contribution < 1.29 is 28.5 Å². The molecule has 0 bridgehead atoms. The topological polar surface area (TPSA) is 95.5 Å². The number of hydrogen-bond donors (Lipinski definition) is 1. The number of hydrazone groups is 1. The van der Waals surface area contributed by atoms with Crippen molar-refractivity contribution >= 4 is 34.0 Å². The second-order valence-electron chi connectivity index (χ2n) is 6.58. The third kappa shape index (κ3) is 6.11. The first-order valence-corrected chi connectivity index (χ1v) is 10.5. The van der Waals surface area contributed by atoms with Crippen molar-refractivity contribution in [1.82, 2.24) is 5.43 Å². The molecule has 0 aromatic heterocycles. The number of hydrogen-bond acceptors (Lipinski definition) is 7. The number of halogens is 1. The average Bonchev–Trinajstić information content (AvgIpc) is 2.84. The van der Waals surface area contributed by atoms with Crippen molar-refractivity contribution in [3.63, 3.8) is 0 Å². The lowest BCUT2D eigenvalue weighted by atomic mass is 10.2. The van der Waals surface area contributed by atoms with Crippen molar-refractivity contribution in [1.29, 1.82) is 0 Å². The molecular formula is C24H21BrN2O6. The molecule has 0 saturated heterocycles. The highest BCUT2D eigenvalue weighted by atomic mass is 79.9. The number of carbonyl (C=O) groups is 2. The molecule has 3 aromatic carbocycles. The van der Waals surface area contributed by atoms with E-state index in [0.717, 1.165) is 4.47 Å². The summed E-state index contributed by atoms with van der Waals surface area (Å²) in [7, 11) is 4.47. The van der Waals surface area contributed by atoms with Crippen LogP contribution in [0.25, 0.3) is 0 Å². The number of ether oxygens (including phenoxy) is 4. The predicted molar refractivity (Wildman–Crippen MR) is 127 cm³/mol. The first-order valence-electron chi connectivity index (χ1n) is 9.66. The average molecular weight is 513 g/mol. The Hall–Kier alpha value is -3.85. The zero-order chi connectivity index (χ0) is 23.8. The third-order valence-corrected chi connectivity index (χ3v) is 4.97. The molecule has 0 heterocycles. The molecule has 0 aliphatic heterocycles. The normalized spacial score (nSPS) is 10.5. The summed E-state index contributed by atoms with van der Waals surface area (Å²) in [5.74, 6) is 0.622. The van der Waals surface area contributed by atoms with Crippen LogP contribution in [-0.2, 0) is 0 Å². The van der Waals surface area contributed by atoms with Crippen LogP contribution in [0.4, 0.5) is 0 Å². The molecule has 0 fully saturated rings. The van der Waals surface area contributed by atoms with Gasteiger partial charge in [0.1, 0.15) is 0 Å². The molecule has 0 atom stereocenters. The molecule has 0 aliphatic carbocycles. The van der Waals surface area contributed by atoms with Gasteiger partial charge in [0.2, 0.25) is 0 Å². The summed E-state index contributed by atoms with van der Waals surface area (Å²) in [6.07, 6.45) is 1.45. The van der Waals surface area contributed by atoms with Gasteiger partial charge in [0.25, 0.3) is 5.91 Å². The van der Waals surface area contributed by atoms with E-state index >= 15 is 0 Å². The van der Waals surface area contributed by atoms with E-state index in [-0.39, 0.29) is 5.75 Å². The van der Waals surface area contributed by atoms with E-state index in [0.29, 0.717) is 33.9 Å². The SMILES string of the molecule is COc1ccc(C(=O)N/N=C/c2ccc(OC(=O)c3cccc(Br)c3)c(OC)c2)cc1OC. The van der Waals surface area contributed by atoms with Crippen molar-refractivity contribution in [3.05, 3.63) is 81.8 Å². The molecule has 170 valence electrons. The quantitative estimate of drug-likeness (QED) is 0.207. The Kier molecular flexibility index (Phi) is 8.04. The van der Waals surface area contributed by atoms with Crippen LogP contribution in [0.15, 0.2) is 70.2 Å². The van der Waals surface area contributed by atoms with Crippen molar-refractivity contribution in [3.8, 4) is 23.0 Å². The molecule has 1 N–H and O–H groups in total. The molecule has 0 radical (unpaired) electrons. The van der Waals surface area contributed by atoms with Crippen LogP contribution in [-0.4, -0.2) is 39.4 Å². The van der Waals surface area contributed by atoms with E-state index < -0.39 is 11.9 Å². The Bertz CT molecular complexity index is 1200. The summed E-state index contributed by atoms with van der Waals surface area (Å²) in [6.45, 7) is 0. The lowest BCUT2D eigenvalue weighted by Gasteiger charge is -2.10. The van der Waals surface area contributed by atoms with Gasteiger partial charge in [-0.25, -0.2) is 10.2 Å². The van der Waals surface area contributed by atoms with Crippen LogP contribution in [0.2, 0.25) is 0 Å². The highest BCUT2D eigenvalue weighted by molar-refractivity contribution is 9.10. The number of benzene rings is 3. The molecule has 0 saturated carbocycles. The lowest BCUT2D eigenvalue weighted by molar-refractivity contribution is 0.0729. The van der Waals surface area contributed by atoms with Crippen LogP contribution in [0.5, 0.6) is 23.0 Å². The van der Waals surface area contributed by atoms with Gasteiger partial charge in [-0.15, -0.1) is 0 Å². The van der Waals surface area contributed by atoms with E-state index in [9.17, 15) is 9.59 Å². The minimum absolute atomic E-state index is 0.258. The van der Waals surface area contributed by atoms with Gasteiger partial charge in [-0.3, -0.25) is 4.79 Å². The Morgan fingerprint density at radius 1 is 0.818 bits per heavy atom. The maximum Gasteiger partial charge on any atom is 0.343 e. The smallest absolute Gasteiger partial charge is 0.343 e. The van der Waals surface area contributed by atoms with Crippen molar-refractivity contribution in [2.75, 3.05) is 21.3 Å². The van der Waals surface area contributed by atoms with Gasteiger partial charge >= 0.3 is 5.97 Å². The highest BCUT2D eigenvalue weighted by Crippen LogP contribution is 2.29. The Morgan fingerprint density at radius 2 is 1.52 bits per heavy atom. The van der Waals surface area contributed by atoms with Gasteiger partial charge in [-0.1, -0.05) is 22.0 Å². The van der Waals surface area contributed by atoms with Gasteiger partial charge in [-0.2, -0.15) is 5.10 Å². The lowest BCUT2D eigenvalue weighted by Crippen LogP contribution is -2.17. The zero-order valence-electron chi connectivity index (χ0n) is 18.1. The van der Waals surface area contributed by atoms with E-state index in [4.69, 9.17) is 18.9 Å². The first kappa shape index (κ1) is 23.8. The van der Waals surface area contributed by atoms with Crippen LogP contribution in [0.3, 0.4) is 0 Å². The molecule has 9 heteroatoms. The standard InChI is InChI=1S/C24H21BrN2O6/c1-30-19-10-8-16(13-22(19)32-3)23(28)27-26-14-15-7-9-20(21(11-15)31-2)33-24(29)17-5-4-6-18(25)12-17/h4-14H,1-3H3,(H,27,28)/b26-14+. The predicted octanol–water partition coefficient (Wildman–Crippen LogP) is 4.46. The molecule has 3 rings (SSSR count). The third-order valence-electron chi connectivity index (χ3n) is 4.48. The Labute approximate surface area is 199 Å². The number of methoxy groups -OCH3 is 3. The van der Waals surface area contributed by atoms with E-state index in [1.807, 2.05) is 6.07 Å². The Balaban J connectivity index is 1.68. The minimum atomic E-state index is -0.516. The first-order chi connectivity index (χ1) is 15.9. The molecular weight excluding hydrogens is 492 g/mol. The maximum atomic E-state index is 12.4. The van der Waals surface area contributed by atoms with Crippen molar-refractivity contribution in [2.45, 2.75) is 0 Å². The summed E-state index contributed by atoms with van der Waals surface area (Å²) in [5.41, 5.74) is 3.83. The molecule has 1 amide bonds. The number of nitrogens with zero attached hydrogens (tertiary/aromatic N) is 1. The fourth-order valence-corrected chi connectivity index (χ4v) is 3.23. The summed E-state index contributed by atoms with van der Waals surface area (Å²) < 4.78 is 21.9. The molecule has 0 unspecified atom stereocenters. The van der Waals surface area contributed by atoms with Gasteiger partial charge in [-0.05, 0) is 60.2 Å². The summed E-state index contributed by atoms with van der Waals surface area (Å²) in [4.78, 5) is 24.8. The van der Waals surface area contributed by atoms with Gasteiger partial charge < -0.3 is 18.9 Å². The Morgan fingerprint density at radius 3 is 2.21 bits per heavy atom. The molecule has 0 spiro atoms. The number of nitrogens with one attached hydrogen (secondary N) is 1. The van der Waals surface area contributed by atoms with Gasteiger partial charge in [0.05, 0.1) is 33.1 Å². The monoisotopic (exact) mass is 512 g/mol. The molecule has 0 aliphatic rings. The zero-order valence-corrected chi connectivity index (χ0v) is 19.7.